The maximum Gasteiger partial charge on any atom is 0.282 e. The number of imidazole rings is 1. The summed E-state index contributed by atoms with van der Waals surface area (Å²) in [5.74, 6) is 1.10. The molecule has 44 heavy (non-hydrogen) atoms. The van der Waals surface area contributed by atoms with Crippen molar-refractivity contribution in [1.82, 2.24) is 9.88 Å². The van der Waals surface area contributed by atoms with Crippen molar-refractivity contribution in [3.05, 3.63) is 118 Å². The summed E-state index contributed by atoms with van der Waals surface area (Å²) in [4.78, 5) is 14.2. The lowest BCUT2D eigenvalue weighted by atomic mass is 10.1. The number of carbonyl (C=O) groups is 1. The zero-order valence-electron chi connectivity index (χ0n) is 24.9. The number of aromatic nitrogens is 2. The van der Waals surface area contributed by atoms with Crippen LogP contribution in [0.2, 0.25) is 10.0 Å². The number of unbranched alkanes of at least 4 members (excludes halogenated alkanes) is 2. The zero-order valence-corrected chi connectivity index (χ0v) is 26.4. The Kier molecular flexibility index (Phi) is 10.7. The molecule has 0 radical (unpaired) electrons. The Hall–Kier alpha value is -4.10. The average Bonchev–Trinajstić information content (AvgIpc) is 3.29. The van der Waals surface area contributed by atoms with Gasteiger partial charge in [-0.2, -0.15) is 0 Å². The molecule has 0 aliphatic heterocycles. The first kappa shape index (κ1) is 31.3. The molecule has 1 amide bonds. The van der Waals surface area contributed by atoms with Crippen molar-refractivity contribution >= 4 is 69.4 Å². The minimum Gasteiger partial charge on any atom is -0.355 e. The minimum absolute atomic E-state index is 0.0555. The Morgan fingerprint density at radius 3 is 2.09 bits per heavy atom. The molecule has 0 saturated carbocycles. The zero-order chi connectivity index (χ0) is 30.9. The predicted molar refractivity (Wildman–Crippen MR) is 184 cm³/mol. The van der Waals surface area contributed by atoms with Gasteiger partial charge in [-0.25, -0.2) is 9.13 Å². The van der Waals surface area contributed by atoms with Crippen molar-refractivity contribution in [1.29, 1.82) is 0 Å². The Morgan fingerprint density at radius 1 is 0.841 bits per heavy atom. The van der Waals surface area contributed by atoms with Gasteiger partial charge in [0.05, 0.1) is 23.6 Å². The number of nitrogens with zero attached hydrogens (tertiary/aromatic N) is 3. The van der Waals surface area contributed by atoms with Gasteiger partial charge in [-0.05, 0) is 67.3 Å². The SMILES string of the molecule is C[n+]1c(/C=C/c2ccc(N(c3ccccc3)c3ccccc3)cc2)n(CCCCCC(=O)NCCN)c2cc(Cl)c(Cl)cc21. The molecular formula is C36H38Cl2N5O+. The molecule has 5 aromatic rings. The number of aryl methyl sites for hydroxylation is 2. The normalized spacial score (nSPS) is 11.4. The van der Waals surface area contributed by atoms with Gasteiger partial charge in [0.15, 0.2) is 11.0 Å². The monoisotopic (exact) mass is 626 g/mol. The van der Waals surface area contributed by atoms with Crippen LogP contribution in [-0.4, -0.2) is 23.6 Å². The van der Waals surface area contributed by atoms with Crippen molar-refractivity contribution in [3.63, 3.8) is 0 Å². The molecule has 8 heteroatoms. The number of nitrogens with two attached hydrogens (primary N) is 1. The van der Waals surface area contributed by atoms with Gasteiger partial charge >= 0.3 is 0 Å². The first-order chi connectivity index (χ1) is 21.5. The number of hydrogen-bond donors (Lipinski definition) is 2. The predicted octanol–water partition coefficient (Wildman–Crippen LogP) is 8.05. The van der Waals surface area contributed by atoms with Crippen LogP contribution in [0.25, 0.3) is 23.2 Å². The van der Waals surface area contributed by atoms with Gasteiger partial charge < -0.3 is 16.0 Å². The minimum atomic E-state index is 0.0555. The van der Waals surface area contributed by atoms with Crippen LogP contribution in [0.1, 0.15) is 37.1 Å². The summed E-state index contributed by atoms with van der Waals surface area (Å²) in [7, 11) is 2.05. The Balaban J connectivity index is 1.38. The summed E-state index contributed by atoms with van der Waals surface area (Å²) in [5, 5.41) is 3.90. The summed E-state index contributed by atoms with van der Waals surface area (Å²) in [6.45, 7) is 1.77. The number of rotatable bonds is 13. The first-order valence-electron chi connectivity index (χ1n) is 15.0. The smallest absolute Gasteiger partial charge is 0.282 e. The van der Waals surface area contributed by atoms with Gasteiger partial charge in [0.25, 0.3) is 5.82 Å². The Bertz CT molecular complexity index is 1680. The van der Waals surface area contributed by atoms with Crippen molar-refractivity contribution < 1.29 is 9.36 Å². The Morgan fingerprint density at radius 2 is 1.45 bits per heavy atom. The number of nitrogens with one attached hydrogen (secondary N) is 1. The molecule has 1 heterocycles. The summed E-state index contributed by atoms with van der Waals surface area (Å²) < 4.78 is 4.43. The molecule has 0 aliphatic carbocycles. The number of fused-ring (bicyclic) bond motifs is 1. The quantitative estimate of drug-likeness (QED) is 0.103. The highest BCUT2D eigenvalue weighted by Gasteiger charge is 2.22. The second-order valence-corrected chi connectivity index (χ2v) is 11.5. The molecule has 6 nitrogen and oxygen atoms in total. The van der Waals surface area contributed by atoms with E-state index in [2.05, 4.69) is 104 Å². The van der Waals surface area contributed by atoms with E-state index in [1.54, 1.807) is 0 Å². The van der Waals surface area contributed by atoms with Crippen molar-refractivity contribution in [2.45, 2.75) is 32.2 Å². The highest BCUT2D eigenvalue weighted by Crippen LogP contribution is 2.34. The lowest BCUT2D eigenvalue weighted by Crippen LogP contribution is -2.31. The van der Waals surface area contributed by atoms with E-state index in [0.29, 0.717) is 29.6 Å². The fourth-order valence-corrected chi connectivity index (χ4v) is 5.73. The molecule has 0 spiro atoms. The van der Waals surface area contributed by atoms with Gasteiger partial charge in [-0.1, -0.05) is 71.7 Å². The highest BCUT2D eigenvalue weighted by molar-refractivity contribution is 6.42. The fourth-order valence-electron chi connectivity index (χ4n) is 5.41. The largest absolute Gasteiger partial charge is 0.355 e. The first-order valence-corrected chi connectivity index (χ1v) is 15.7. The van der Waals surface area contributed by atoms with Gasteiger partial charge in [-0.15, -0.1) is 0 Å². The molecule has 0 saturated heterocycles. The van der Waals surface area contributed by atoms with E-state index < -0.39 is 0 Å². The summed E-state index contributed by atoms with van der Waals surface area (Å²) in [5.41, 5.74) is 11.9. The highest BCUT2D eigenvalue weighted by atomic mass is 35.5. The topological polar surface area (TPSA) is 67.2 Å². The number of carbonyl (C=O) groups excluding carboxylic acids is 1. The lowest BCUT2D eigenvalue weighted by molar-refractivity contribution is -0.647. The van der Waals surface area contributed by atoms with E-state index in [4.69, 9.17) is 28.9 Å². The van der Waals surface area contributed by atoms with Gasteiger partial charge in [0, 0.05) is 54.8 Å². The molecule has 5 rings (SSSR count). The van der Waals surface area contributed by atoms with Crippen molar-refractivity contribution in [2.75, 3.05) is 18.0 Å². The molecule has 226 valence electrons. The molecule has 0 atom stereocenters. The van der Waals surface area contributed by atoms with E-state index in [1.807, 2.05) is 31.3 Å². The maximum atomic E-state index is 11.9. The maximum absolute atomic E-state index is 11.9. The van der Waals surface area contributed by atoms with Crippen LogP contribution in [0.5, 0.6) is 0 Å². The molecule has 0 aliphatic rings. The number of anilines is 3. The van der Waals surface area contributed by atoms with Crippen LogP contribution in [0.3, 0.4) is 0 Å². The van der Waals surface area contributed by atoms with E-state index in [9.17, 15) is 4.79 Å². The lowest BCUT2D eigenvalue weighted by Gasteiger charge is -2.25. The van der Waals surface area contributed by atoms with Gasteiger partial charge in [0.1, 0.15) is 0 Å². The average molecular weight is 628 g/mol. The van der Waals surface area contributed by atoms with Crippen molar-refractivity contribution in [3.8, 4) is 0 Å². The van der Waals surface area contributed by atoms with Gasteiger partial charge in [0.2, 0.25) is 5.91 Å². The number of hydrogen-bond acceptors (Lipinski definition) is 3. The number of amides is 1. The van der Waals surface area contributed by atoms with E-state index >= 15 is 0 Å². The van der Waals surface area contributed by atoms with E-state index in [1.165, 1.54) is 0 Å². The number of halogens is 2. The number of benzene rings is 4. The molecule has 3 N–H and O–H groups in total. The van der Waals surface area contributed by atoms with Crippen molar-refractivity contribution in [2.24, 2.45) is 12.8 Å². The van der Waals surface area contributed by atoms with E-state index in [0.717, 1.165) is 65.3 Å². The molecule has 0 bridgehead atoms. The molecule has 1 aromatic heterocycles. The fraction of sp³-hybridized carbons (Fsp3) is 0.222. The van der Waals surface area contributed by atoms with Crippen LogP contribution in [0, 0.1) is 0 Å². The Labute approximate surface area is 269 Å². The van der Waals surface area contributed by atoms with Crippen LogP contribution in [-0.2, 0) is 18.4 Å². The second-order valence-electron chi connectivity index (χ2n) is 10.7. The molecule has 0 fully saturated rings. The summed E-state index contributed by atoms with van der Waals surface area (Å²) >= 11 is 12.9. The van der Waals surface area contributed by atoms with Crippen LogP contribution < -0.4 is 20.5 Å². The molecule has 0 unspecified atom stereocenters. The third kappa shape index (κ3) is 7.51. The van der Waals surface area contributed by atoms with Gasteiger partial charge in [-0.3, -0.25) is 4.79 Å². The summed E-state index contributed by atoms with van der Waals surface area (Å²) in [6.07, 6.45) is 7.48. The third-order valence-electron chi connectivity index (χ3n) is 7.65. The third-order valence-corrected chi connectivity index (χ3v) is 8.37. The number of para-hydroxylation sites is 2. The van der Waals surface area contributed by atoms with Crippen LogP contribution >= 0.6 is 23.2 Å². The standard InChI is InChI=1S/C36H37Cl2N5O/c1-41-33-25-31(37)32(38)26-34(33)42(24-10-4-9-15-35(44)40-23-22-39)36(41)21-18-27-16-19-30(20-17-27)43(28-11-5-2-6-12-28)29-13-7-3-8-14-29/h2-3,5-8,11-14,16-21,25-26H,4,9-10,15,22-24,39H2,1H3/p+1. The second kappa shape index (κ2) is 15.1. The molecular weight excluding hydrogens is 589 g/mol. The van der Waals surface area contributed by atoms with Crippen LogP contribution in [0.4, 0.5) is 17.1 Å². The van der Waals surface area contributed by atoms with E-state index in [-0.39, 0.29) is 5.91 Å². The van der Waals surface area contributed by atoms with Crippen LogP contribution in [0.15, 0.2) is 97.1 Å². The molecule has 4 aromatic carbocycles. The summed E-state index contributed by atoms with van der Waals surface area (Å²) in [6, 6.07) is 33.2.